The summed E-state index contributed by atoms with van der Waals surface area (Å²) in [5, 5.41) is 0. The Morgan fingerprint density at radius 1 is 1.05 bits per heavy atom. The van der Waals surface area contributed by atoms with Gasteiger partial charge in [-0.3, -0.25) is 0 Å². The van der Waals surface area contributed by atoms with Gasteiger partial charge in [-0.25, -0.2) is 9.97 Å². The van der Waals surface area contributed by atoms with Crippen molar-refractivity contribution in [2.75, 3.05) is 6.54 Å². The maximum atomic E-state index is 5.80. The van der Waals surface area contributed by atoms with Crippen molar-refractivity contribution in [1.82, 2.24) is 9.97 Å². The van der Waals surface area contributed by atoms with Gasteiger partial charge in [0.05, 0.1) is 0 Å². The van der Waals surface area contributed by atoms with Gasteiger partial charge in [0.1, 0.15) is 5.82 Å². The van der Waals surface area contributed by atoms with Crippen molar-refractivity contribution in [3.05, 3.63) is 58.7 Å². The number of benzene rings is 1. The van der Waals surface area contributed by atoms with E-state index in [0.717, 1.165) is 38.1 Å². The number of aromatic nitrogens is 2. The molecule has 0 saturated heterocycles. The molecule has 3 heteroatoms. The summed E-state index contributed by atoms with van der Waals surface area (Å²) in [5.74, 6) is 2.11. The molecule has 0 radical (unpaired) electrons. The third-order valence-corrected chi connectivity index (χ3v) is 5.02. The maximum absolute atomic E-state index is 5.80. The molecule has 0 spiro atoms. The van der Waals surface area contributed by atoms with Crippen LogP contribution in [0.5, 0.6) is 0 Å². The molecule has 0 bridgehead atoms. The molecular weight excluding hydrogens is 258 g/mol. The van der Waals surface area contributed by atoms with E-state index in [0.29, 0.717) is 11.8 Å². The van der Waals surface area contributed by atoms with Crippen LogP contribution in [0.2, 0.25) is 0 Å². The second kappa shape index (κ2) is 5.23. The second-order valence-electron chi connectivity index (χ2n) is 6.42. The normalized spacial score (nSPS) is 21.1. The number of fused-ring (bicyclic) bond motifs is 2. The van der Waals surface area contributed by atoms with E-state index in [-0.39, 0.29) is 0 Å². The Morgan fingerprint density at radius 3 is 2.52 bits per heavy atom. The van der Waals surface area contributed by atoms with Gasteiger partial charge in [-0.15, -0.1) is 0 Å². The van der Waals surface area contributed by atoms with Crippen LogP contribution in [0.1, 0.15) is 40.5 Å². The van der Waals surface area contributed by atoms with E-state index in [1.165, 1.54) is 28.8 Å². The third kappa shape index (κ3) is 2.36. The quantitative estimate of drug-likeness (QED) is 0.918. The summed E-state index contributed by atoms with van der Waals surface area (Å²) in [6.07, 6.45) is 7.51. The van der Waals surface area contributed by atoms with Gasteiger partial charge in [0, 0.05) is 17.8 Å². The molecular formula is C18H21N3. The van der Waals surface area contributed by atoms with Gasteiger partial charge in [-0.05, 0) is 61.3 Å². The number of hydrogen-bond donors (Lipinski definition) is 1. The molecule has 2 aliphatic carbocycles. The Kier molecular flexibility index (Phi) is 3.23. The molecule has 0 saturated carbocycles. The first-order chi connectivity index (χ1) is 10.3. The Balaban J connectivity index is 1.58. The highest BCUT2D eigenvalue weighted by Gasteiger charge is 2.26. The molecule has 3 nitrogen and oxygen atoms in total. The number of nitrogens with zero attached hydrogens (tertiary/aromatic N) is 2. The van der Waals surface area contributed by atoms with Crippen molar-refractivity contribution in [3.63, 3.8) is 0 Å². The Hall–Kier alpha value is -1.74. The predicted octanol–water partition coefficient (Wildman–Crippen LogP) is 2.42. The van der Waals surface area contributed by atoms with Gasteiger partial charge < -0.3 is 5.73 Å². The fourth-order valence-corrected chi connectivity index (χ4v) is 3.74. The molecule has 2 aromatic rings. The molecule has 108 valence electrons. The summed E-state index contributed by atoms with van der Waals surface area (Å²) in [7, 11) is 0. The van der Waals surface area contributed by atoms with Crippen LogP contribution >= 0.6 is 0 Å². The van der Waals surface area contributed by atoms with Crippen LogP contribution < -0.4 is 5.73 Å². The molecule has 1 aromatic heterocycles. The van der Waals surface area contributed by atoms with E-state index in [9.17, 15) is 0 Å². The summed E-state index contributed by atoms with van der Waals surface area (Å²) in [6.45, 7) is 0.777. The smallest absolute Gasteiger partial charge is 0.132 e. The third-order valence-electron chi connectivity index (χ3n) is 5.02. The summed E-state index contributed by atoms with van der Waals surface area (Å²) in [6, 6.07) is 8.73. The van der Waals surface area contributed by atoms with Crippen molar-refractivity contribution < 1.29 is 0 Å². The van der Waals surface area contributed by atoms with E-state index >= 15 is 0 Å². The Bertz CT molecular complexity index is 640. The molecule has 2 aliphatic rings. The number of hydrogen-bond acceptors (Lipinski definition) is 3. The predicted molar refractivity (Wildman–Crippen MR) is 83.2 cm³/mol. The first-order valence-electron chi connectivity index (χ1n) is 7.95. The number of rotatable bonds is 2. The van der Waals surface area contributed by atoms with Crippen LogP contribution in [0.3, 0.4) is 0 Å². The lowest BCUT2D eigenvalue weighted by Crippen LogP contribution is -2.23. The van der Waals surface area contributed by atoms with Crippen LogP contribution in [0.4, 0.5) is 0 Å². The largest absolute Gasteiger partial charge is 0.330 e. The van der Waals surface area contributed by atoms with Gasteiger partial charge in [0.25, 0.3) is 0 Å². The SMILES string of the molecule is NCC1CCc2nc(C3Cc4ccccc4C3)ncc2C1. The van der Waals surface area contributed by atoms with Crippen molar-refractivity contribution in [2.24, 2.45) is 11.7 Å². The zero-order valence-electron chi connectivity index (χ0n) is 12.3. The van der Waals surface area contributed by atoms with Gasteiger partial charge in [-0.2, -0.15) is 0 Å². The highest BCUT2D eigenvalue weighted by Crippen LogP contribution is 2.33. The minimum Gasteiger partial charge on any atom is -0.330 e. The topological polar surface area (TPSA) is 51.8 Å². The molecule has 4 rings (SSSR count). The number of nitrogens with two attached hydrogens (primary N) is 1. The van der Waals surface area contributed by atoms with E-state index in [4.69, 9.17) is 10.7 Å². The van der Waals surface area contributed by atoms with Crippen molar-refractivity contribution in [1.29, 1.82) is 0 Å². The summed E-state index contributed by atoms with van der Waals surface area (Å²) in [4.78, 5) is 9.57. The number of aryl methyl sites for hydroxylation is 1. The molecule has 1 aromatic carbocycles. The first-order valence-corrected chi connectivity index (χ1v) is 7.95. The van der Waals surface area contributed by atoms with Crippen molar-refractivity contribution >= 4 is 0 Å². The molecule has 1 unspecified atom stereocenters. The summed E-state index contributed by atoms with van der Waals surface area (Å²) in [5.41, 5.74) is 11.3. The van der Waals surface area contributed by atoms with Crippen LogP contribution in [0.25, 0.3) is 0 Å². The van der Waals surface area contributed by atoms with Crippen LogP contribution in [-0.4, -0.2) is 16.5 Å². The maximum Gasteiger partial charge on any atom is 0.132 e. The lowest BCUT2D eigenvalue weighted by molar-refractivity contribution is 0.458. The van der Waals surface area contributed by atoms with Crippen LogP contribution in [-0.2, 0) is 25.7 Å². The van der Waals surface area contributed by atoms with Crippen molar-refractivity contribution in [3.8, 4) is 0 Å². The van der Waals surface area contributed by atoms with E-state index in [2.05, 4.69) is 35.4 Å². The molecule has 21 heavy (non-hydrogen) atoms. The fraction of sp³-hybridized carbons (Fsp3) is 0.444. The lowest BCUT2D eigenvalue weighted by atomic mass is 9.87. The summed E-state index contributed by atoms with van der Waals surface area (Å²) < 4.78 is 0. The highest BCUT2D eigenvalue weighted by atomic mass is 14.9. The van der Waals surface area contributed by atoms with Gasteiger partial charge in [0.2, 0.25) is 0 Å². The molecule has 1 atom stereocenters. The molecule has 1 heterocycles. The molecule has 0 fully saturated rings. The molecule has 0 aliphatic heterocycles. The first kappa shape index (κ1) is 13.0. The van der Waals surface area contributed by atoms with E-state index in [1.807, 2.05) is 0 Å². The lowest BCUT2D eigenvalue weighted by Gasteiger charge is -2.23. The average Bonchev–Trinajstić information content (AvgIpc) is 2.98. The van der Waals surface area contributed by atoms with Crippen LogP contribution in [0, 0.1) is 5.92 Å². The minimum atomic E-state index is 0.458. The highest BCUT2D eigenvalue weighted by molar-refractivity contribution is 5.35. The van der Waals surface area contributed by atoms with Crippen LogP contribution in [0.15, 0.2) is 30.5 Å². The van der Waals surface area contributed by atoms with E-state index in [1.54, 1.807) is 0 Å². The molecule has 0 amide bonds. The van der Waals surface area contributed by atoms with Gasteiger partial charge in [-0.1, -0.05) is 24.3 Å². The zero-order valence-corrected chi connectivity index (χ0v) is 12.3. The minimum absolute atomic E-state index is 0.458. The second-order valence-corrected chi connectivity index (χ2v) is 6.42. The Morgan fingerprint density at radius 2 is 1.81 bits per heavy atom. The van der Waals surface area contributed by atoms with E-state index < -0.39 is 0 Å². The van der Waals surface area contributed by atoms with Gasteiger partial charge in [0.15, 0.2) is 0 Å². The van der Waals surface area contributed by atoms with Gasteiger partial charge >= 0.3 is 0 Å². The monoisotopic (exact) mass is 279 g/mol. The standard InChI is InChI=1S/C18H21N3/c19-10-12-5-6-17-16(7-12)11-20-18(21-17)15-8-13-3-1-2-4-14(13)9-15/h1-4,11-12,15H,5-10,19H2. The average molecular weight is 279 g/mol. The molecule has 2 N–H and O–H groups in total. The van der Waals surface area contributed by atoms with Crippen molar-refractivity contribution in [2.45, 2.75) is 38.0 Å². The Labute approximate surface area is 125 Å². The zero-order chi connectivity index (χ0) is 14.2. The fourth-order valence-electron chi connectivity index (χ4n) is 3.74. The summed E-state index contributed by atoms with van der Waals surface area (Å²) >= 11 is 0.